The summed E-state index contributed by atoms with van der Waals surface area (Å²) in [7, 11) is 3.91. The predicted octanol–water partition coefficient (Wildman–Crippen LogP) is 3.12. The largest absolute Gasteiger partial charge is 0.362 e. The first kappa shape index (κ1) is 21.3. The number of piperazine rings is 1. The van der Waals surface area contributed by atoms with Crippen LogP contribution in [0.5, 0.6) is 0 Å². The Kier molecular flexibility index (Phi) is 6.71. The summed E-state index contributed by atoms with van der Waals surface area (Å²) in [6.07, 6.45) is 2.13. The first-order valence-electron chi connectivity index (χ1n) is 11.0. The lowest BCUT2D eigenvalue weighted by molar-refractivity contribution is 0.0490. The van der Waals surface area contributed by atoms with Gasteiger partial charge in [-0.2, -0.15) is 11.3 Å². The fourth-order valence-corrected chi connectivity index (χ4v) is 5.23. The molecular weight excluding hydrogens is 394 g/mol. The Labute approximate surface area is 184 Å². The minimum atomic E-state index is 0.109. The predicted molar refractivity (Wildman–Crippen MR) is 124 cm³/mol. The highest BCUT2D eigenvalue weighted by molar-refractivity contribution is 7.08. The number of piperidine rings is 1. The smallest absolute Gasteiger partial charge is 0.257 e. The molecule has 0 N–H and O–H groups in total. The third-order valence-electron chi connectivity index (χ3n) is 6.47. The number of nitrogens with zero attached hydrogens (tertiary/aromatic N) is 5. The Morgan fingerprint density at radius 2 is 1.83 bits per heavy atom. The maximum Gasteiger partial charge on any atom is 0.257 e. The fraction of sp³-hybridized carbons (Fsp3) is 0.565. The highest BCUT2D eigenvalue weighted by Crippen LogP contribution is 2.27. The molecule has 7 heteroatoms. The molecule has 1 amide bonds. The average Bonchev–Trinajstić information content (AvgIpc) is 3.33. The molecule has 2 aromatic rings. The van der Waals surface area contributed by atoms with Crippen molar-refractivity contribution in [2.75, 3.05) is 64.8 Å². The summed E-state index contributed by atoms with van der Waals surface area (Å²) in [6.45, 7) is 9.70. The lowest BCUT2D eigenvalue weighted by Gasteiger charge is -2.42. The molecule has 0 bridgehead atoms. The van der Waals surface area contributed by atoms with Crippen molar-refractivity contribution in [3.8, 4) is 11.3 Å². The molecule has 0 atom stereocenters. The van der Waals surface area contributed by atoms with Crippen LogP contribution in [-0.2, 0) is 0 Å². The van der Waals surface area contributed by atoms with E-state index in [0.29, 0.717) is 11.6 Å². The van der Waals surface area contributed by atoms with Crippen LogP contribution in [0.15, 0.2) is 29.0 Å². The van der Waals surface area contributed by atoms with E-state index in [2.05, 4.69) is 33.6 Å². The van der Waals surface area contributed by atoms with E-state index >= 15 is 0 Å². The maximum atomic E-state index is 13.3. The molecule has 4 heterocycles. The van der Waals surface area contributed by atoms with Gasteiger partial charge in [-0.1, -0.05) is 6.92 Å². The van der Waals surface area contributed by atoms with Crippen LogP contribution in [-0.4, -0.2) is 91.5 Å². The number of aromatic nitrogens is 1. The maximum absolute atomic E-state index is 13.3. The van der Waals surface area contributed by atoms with E-state index in [4.69, 9.17) is 4.98 Å². The third-order valence-corrected chi connectivity index (χ3v) is 7.15. The molecule has 2 aromatic heterocycles. The summed E-state index contributed by atoms with van der Waals surface area (Å²) in [5.74, 6) is 0.860. The van der Waals surface area contributed by atoms with Crippen LogP contribution >= 0.6 is 11.3 Å². The van der Waals surface area contributed by atoms with E-state index < -0.39 is 0 Å². The summed E-state index contributed by atoms with van der Waals surface area (Å²) in [5, 5.41) is 4.14. The standard InChI is InChI=1S/C23H33N5OS/c1-4-26-12-14-27(15-13-26)19-7-10-28(11-8-19)23(29)20-5-6-21(18-9-16-30-17-18)24-22(20)25(2)3/h5-6,9,16-17,19H,4,7-8,10-15H2,1-3H3. The summed E-state index contributed by atoms with van der Waals surface area (Å²) in [6, 6.07) is 6.61. The topological polar surface area (TPSA) is 42.9 Å². The molecule has 0 spiro atoms. The molecule has 0 aromatic carbocycles. The number of carbonyl (C=O) groups excluding carboxylic acids is 1. The van der Waals surface area contributed by atoms with Crippen LogP contribution in [0.1, 0.15) is 30.1 Å². The van der Waals surface area contributed by atoms with E-state index in [9.17, 15) is 4.79 Å². The highest BCUT2D eigenvalue weighted by atomic mass is 32.1. The minimum absolute atomic E-state index is 0.109. The van der Waals surface area contributed by atoms with Crippen molar-refractivity contribution in [3.63, 3.8) is 0 Å². The zero-order chi connectivity index (χ0) is 21.1. The van der Waals surface area contributed by atoms with E-state index in [-0.39, 0.29) is 5.91 Å². The van der Waals surface area contributed by atoms with Crippen molar-refractivity contribution in [2.45, 2.75) is 25.8 Å². The van der Waals surface area contributed by atoms with Gasteiger partial charge in [0.05, 0.1) is 11.3 Å². The van der Waals surface area contributed by atoms with Crippen LogP contribution in [0.3, 0.4) is 0 Å². The lowest BCUT2D eigenvalue weighted by Crippen LogP contribution is -2.53. The summed E-state index contributed by atoms with van der Waals surface area (Å²) < 4.78 is 0. The summed E-state index contributed by atoms with van der Waals surface area (Å²) in [4.78, 5) is 27.3. The SMILES string of the molecule is CCN1CCN(C2CCN(C(=O)c3ccc(-c4ccsc4)nc3N(C)C)CC2)CC1. The van der Waals surface area contributed by atoms with Crippen molar-refractivity contribution in [1.82, 2.24) is 19.7 Å². The van der Waals surface area contributed by atoms with Crippen molar-refractivity contribution < 1.29 is 4.79 Å². The number of pyridine rings is 1. The number of likely N-dealkylation sites (N-methyl/N-ethyl adjacent to an activating group) is 1. The Balaban J connectivity index is 1.41. The summed E-state index contributed by atoms with van der Waals surface area (Å²) >= 11 is 1.66. The lowest BCUT2D eigenvalue weighted by atomic mass is 10.0. The van der Waals surface area contributed by atoms with Crippen LogP contribution in [0.4, 0.5) is 5.82 Å². The molecule has 162 valence electrons. The van der Waals surface area contributed by atoms with Gasteiger partial charge in [0.25, 0.3) is 5.91 Å². The Morgan fingerprint density at radius 1 is 1.10 bits per heavy atom. The Hall–Kier alpha value is -1.96. The van der Waals surface area contributed by atoms with Crippen molar-refractivity contribution in [2.24, 2.45) is 0 Å². The van der Waals surface area contributed by atoms with Gasteiger partial charge in [-0.05, 0) is 43.0 Å². The van der Waals surface area contributed by atoms with Gasteiger partial charge in [0, 0.05) is 70.3 Å². The number of amides is 1. The number of anilines is 1. The van der Waals surface area contributed by atoms with Crippen molar-refractivity contribution >= 4 is 23.1 Å². The number of hydrogen-bond donors (Lipinski definition) is 0. The number of rotatable bonds is 5. The normalized spacial score (nSPS) is 19.2. The van der Waals surface area contributed by atoms with Crippen LogP contribution in [0.2, 0.25) is 0 Å². The zero-order valence-electron chi connectivity index (χ0n) is 18.4. The summed E-state index contributed by atoms with van der Waals surface area (Å²) in [5.41, 5.74) is 2.72. The molecule has 0 radical (unpaired) electrons. The number of thiophene rings is 1. The quantitative estimate of drug-likeness (QED) is 0.734. The van der Waals surface area contributed by atoms with E-state index in [1.165, 1.54) is 13.1 Å². The number of carbonyl (C=O) groups is 1. The average molecular weight is 428 g/mol. The van der Waals surface area contributed by atoms with Gasteiger partial charge in [-0.3, -0.25) is 9.69 Å². The van der Waals surface area contributed by atoms with Crippen LogP contribution < -0.4 is 4.90 Å². The molecule has 0 aliphatic carbocycles. The molecule has 2 fully saturated rings. The molecular formula is C23H33N5OS. The van der Waals surface area contributed by atoms with Gasteiger partial charge < -0.3 is 14.7 Å². The van der Waals surface area contributed by atoms with Gasteiger partial charge in [-0.15, -0.1) is 0 Å². The monoisotopic (exact) mass is 427 g/mol. The molecule has 2 saturated heterocycles. The van der Waals surface area contributed by atoms with Gasteiger partial charge in [0.1, 0.15) is 5.82 Å². The minimum Gasteiger partial charge on any atom is -0.362 e. The first-order valence-corrected chi connectivity index (χ1v) is 12.0. The molecule has 4 rings (SSSR count). The second kappa shape index (κ2) is 9.45. The van der Waals surface area contributed by atoms with Crippen LogP contribution in [0, 0.1) is 0 Å². The second-order valence-electron chi connectivity index (χ2n) is 8.47. The first-order chi connectivity index (χ1) is 14.6. The Morgan fingerprint density at radius 3 is 2.43 bits per heavy atom. The molecule has 6 nitrogen and oxygen atoms in total. The molecule has 30 heavy (non-hydrogen) atoms. The highest BCUT2D eigenvalue weighted by Gasteiger charge is 2.30. The molecule has 2 aliphatic heterocycles. The van der Waals surface area contributed by atoms with E-state index in [0.717, 1.165) is 62.6 Å². The number of hydrogen-bond acceptors (Lipinski definition) is 6. The molecule has 0 saturated carbocycles. The second-order valence-corrected chi connectivity index (χ2v) is 9.25. The number of likely N-dealkylation sites (tertiary alicyclic amines) is 1. The van der Waals surface area contributed by atoms with Gasteiger partial charge >= 0.3 is 0 Å². The van der Waals surface area contributed by atoms with E-state index in [1.54, 1.807) is 11.3 Å². The Bertz CT molecular complexity index is 837. The zero-order valence-corrected chi connectivity index (χ0v) is 19.2. The van der Waals surface area contributed by atoms with Gasteiger partial charge in [0.15, 0.2) is 0 Å². The molecule has 2 aliphatic rings. The van der Waals surface area contributed by atoms with Gasteiger partial charge in [0.2, 0.25) is 0 Å². The van der Waals surface area contributed by atoms with Crippen LogP contribution in [0.25, 0.3) is 11.3 Å². The van der Waals surface area contributed by atoms with Gasteiger partial charge in [-0.25, -0.2) is 4.98 Å². The fourth-order valence-electron chi connectivity index (χ4n) is 4.58. The van der Waals surface area contributed by atoms with Crippen molar-refractivity contribution in [1.29, 1.82) is 0 Å². The molecule has 0 unspecified atom stereocenters. The van der Waals surface area contributed by atoms with E-state index in [1.807, 2.05) is 36.0 Å². The third kappa shape index (κ3) is 4.53. The van der Waals surface area contributed by atoms with Crippen molar-refractivity contribution in [3.05, 3.63) is 34.5 Å².